The fourth-order valence-corrected chi connectivity index (χ4v) is 4.37. The molecule has 1 amide bonds. The van der Waals surface area contributed by atoms with Crippen molar-refractivity contribution in [1.82, 2.24) is 4.90 Å². The Hall–Kier alpha value is -1.64. The summed E-state index contributed by atoms with van der Waals surface area (Å²) in [5.41, 5.74) is 1.80. The van der Waals surface area contributed by atoms with Crippen LogP contribution in [0.4, 0.5) is 0 Å². The summed E-state index contributed by atoms with van der Waals surface area (Å²) in [4.78, 5) is 31.6. The number of aliphatic imine (C=N–C) groups is 1. The number of allylic oxidation sites excluding steroid dienone is 1. The second kappa shape index (κ2) is 8.37. The van der Waals surface area contributed by atoms with Crippen molar-refractivity contribution in [3.8, 4) is 0 Å². The third-order valence-electron chi connectivity index (χ3n) is 4.11. The van der Waals surface area contributed by atoms with Gasteiger partial charge in [-0.3, -0.25) is 9.69 Å². The maximum absolute atomic E-state index is 12.8. The molecule has 1 aromatic rings. The van der Waals surface area contributed by atoms with Crippen LogP contribution in [0.25, 0.3) is 0 Å². The van der Waals surface area contributed by atoms with E-state index in [1.807, 2.05) is 24.3 Å². The van der Waals surface area contributed by atoms with E-state index in [9.17, 15) is 9.59 Å². The Morgan fingerprint density at radius 2 is 2.23 bits per heavy atom. The molecular weight excluding hydrogens is 420 g/mol. The normalized spacial score (nSPS) is 20.0. The van der Waals surface area contributed by atoms with Gasteiger partial charge in [-0.1, -0.05) is 39.8 Å². The number of methoxy groups -OCH3 is 1. The topological polar surface area (TPSA) is 68.2 Å². The van der Waals surface area contributed by atoms with Crippen molar-refractivity contribution in [2.75, 3.05) is 26.1 Å². The number of halogens is 1. The summed E-state index contributed by atoms with van der Waals surface area (Å²) in [5, 5.41) is 0.636. The molecule has 2 aliphatic heterocycles. The van der Waals surface area contributed by atoms with Crippen LogP contribution < -0.4 is 0 Å². The van der Waals surface area contributed by atoms with Crippen LogP contribution in [0, 0.1) is 0 Å². The fraction of sp³-hybridized carbons (Fsp3) is 0.389. The van der Waals surface area contributed by atoms with Crippen LogP contribution in [0.1, 0.15) is 24.9 Å². The summed E-state index contributed by atoms with van der Waals surface area (Å²) < 4.78 is 11.2. The van der Waals surface area contributed by atoms with Crippen molar-refractivity contribution < 1.29 is 19.1 Å². The molecule has 1 fully saturated rings. The van der Waals surface area contributed by atoms with Crippen LogP contribution in [0.2, 0.25) is 0 Å². The van der Waals surface area contributed by atoms with Crippen molar-refractivity contribution in [2.24, 2.45) is 4.99 Å². The molecule has 2 aliphatic rings. The first-order valence-corrected chi connectivity index (χ1v) is 9.96. The van der Waals surface area contributed by atoms with Crippen molar-refractivity contribution in [1.29, 1.82) is 0 Å². The summed E-state index contributed by atoms with van der Waals surface area (Å²) in [6.07, 6.45) is 0.416. The molecule has 1 saturated heterocycles. The van der Waals surface area contributed by atoms with Gasteiger partial charge in [-0.05, 0) is 24.6 Å². The van der Waals surface area contributed by atoms with Gasteiger partial charge >= 0.3 is 5.97 Å². The zero-order valence-electron chi connectivity index (χ0n) is 14.5. The van der Waals surface area contributed by atoms with E-state index >= 15 is 0 Å². The molecule has 0 aromatic heterocycles. The van der Waals surface area contributed by atoms with Gasteiger partial charge < -0.3 is 9.47 Å². The van der Waals surface area contributed by atoms with E-state index in [4.69, 9.17) is 9.47 Å². The maximum Gasteiger partial charge on any atom is 0.338 e. The SMILES string of the molecule is COCCOC(=O)C1=C(C)N=C2SCCC(=O)N2[C@@H]1c1cccc(Br)c1. The number of carbonyl (C=O) groups is 2. The quantitative estimate of drug-likeness (QED) is 0.521. The first-order chi connectivity index (χ1) is 12.5. The van der Waals surface area contributed by atoms with E-state index in [1.165, 1.54) is 11.8 Å². The fourth-order valence-electron chi connectivity index (χ4n) is 2.94. The highest BCUT2D eigenvalue weighted by Crippen LogP contribution is 2.40. The summed E-state index contributed by atoms with van der Waals surface area (Å²) in [5.74, 6) is 0.179. The number of thioether (sulfide) groups is 1. The average Bonchev–Trinajstić information content (AvgIpc) is 2.61. The summed E-state index contributed by atoms with van der Waals surface area (Å²) in [7, 11) is 1.55. The lowest BCUT2D eigenvalue weighted by molar-refractivity contribution is -0.141. The summed E-state index contributed by atoms with van der Waals surface area (Å²) >= 11 is 5.00. The predicted octanol–water partition coefficient (Wildman–Crippen LogP) is 3.29. The molecule has 6 nitrogen and oxygen atoms in total. The minimum atomic E-state index is -0.546. The molecule has 1 aromatic carbocycles. The zero-order chi connectivity index (χ0) is 18.7. The zero-order valence-corrected chi connectivity index (χ0v) is 16.9. The molecule has 0 unspecified atom stereocenters. The van der Waals surface area contributed by atoms with E-state index in [0.717, 1.165) is 10.0 Å². The van der Waals surface area contributed by atoms with E-state index < -0.39 is 12.0 Å². The van der Waals surface area contributed by atoms with E-state index in [2.05, 4.69) is 20.9 Å². The summed E-state index contributed by atoms with van der Waals surface area (Å²) in [6.45, 7) is 2.24. The third kappa shape index (κ3) is 3.87. The molecular formula is C18H19BrN2O4S. The van der Waals surface area contributed by atoms with Crippen LogP contribution in [-0.4, -0.2) is 48.0 Å². The molecule has 0 aliphatic carbocycles. The standard InChI is InChI=1S/C18H19BrN2O4S/c1-11-15(17(23)25-8-7-24-2)16(12-4-3-5-13(19)10-12)21-14(22)6-9-26-18(21)20-11/h3-5,10,16H,6-9H2,1-2H3/t16-/m1/s1. The minimum Gasteiger partial charge on any atom is -0.460 e. The lowest BCUT2D eigenvalue weighted by atomic mass is 9.94. The molecule has 26 heavy (non-hydrogen) atoms. The van der Waals surface area contributed by atoms with Crippen LogP contribution >= 0.6 is 27.7 Å². The van der Waals surface area contributed by atoms with Crippen LogP contribution in [0.15, 0.2) is 45.0 Å². The van der Waals surface area contributed by atoms with Crippen molar-refractivity contribution >= 4 is 44.7 Å². The van der Waals surface area contributed by atoms with E-state index in [0.29, 0.717) is 35.2 Å². The van der Waals surface area contributed by atoms with Gasteiger partial charge in [0.2, 0.25) is 5.91 Å². The van der Waals surface area contributed by atoms with E-state index in [1.54, 1.807) is 18.9 Å². The summed E-state index contributed by atoms with van der Waals surface area (Å²) in [6, 6.07) is 7.06. The van der Waals surface area contributed by atoms with Crippen LogP contribution in [0.3, 0.4) is 0 Å². The first-order valence-electron chi connectivity index (χ1n) is 8.18. The van der Waals surface area contributed by atoms with Crippen molar-refractivity contribution in [2.45, 2.75) is 19.4 Å². The molecule has 0 N–H and O–H groups in total. The highest BCUT2D eigenvalue weighted by atomic mass is 79.9. The Kier molecular flexibility index (Phi) is 6.16. The smallest absolute Gasteiger partial charge is 0.338 e. The Labute approximate surface area is 164 Å². The predicted molar refractivity (Wildman–Crippen MR) is 104 cm³/mol. The number of amidine groups is 1. The Bertz CT molecular complexity index is 793. The molecule has 2 heterocycles. The maximum atomic E-state index is 12.8. The lowest BCUT2D eigenvalue weighted by Crippen LogP contribution is -2.45. The van der Waals surface area contributed by atoms with Crippen LogP contribution in [0.5, 0.6) is 0 Å². The van der Waals surface area contributed by atoms with Crippen LogP contribution in [-0.2, 0) is 19.1 Å². The van der Waals surface area contributed by atoms with Gasteiger partial charge in [-0.15, -0.1) is 0 Å². The molecule has 1 atom stereocenters. The van der Waals surface area contributed by atoms with E-state index in [-0.39, 0.29) is 12.5 Å². The monoisotopic (exact) mass is 438 g/mol. The molecule has 3 rings (SSSR count). The first kappa shape index (κ1) is 19.1. The number of amides is 1. The largest absolute Gasteiger partial charge is 0.460 e. The van der Waals surface area contributed by atoms with Gasteiger partial charge in [0.1, 0.15) is 6.61 Å². The van der Waals surface area contributed by atoms with Crippen molar-refractivity contribution in [3.05, 3.63) is 45.6 Å². The molecule has 138 valence electrons. The molecule has 0 bridgehead atoms. The van der Waals surface area contributed by atoms with Gasteiger partial charge in [0.25, 0.3) is 0 Å². The number of fused-ring (bicyclic) bond motifs is 1. The Morgan fingerprint density at radius 3 is 2.96 bits per heavy atom. The van der Waals surface area contributed by atoms with Gasteiger partial charge in [0.15, 0.2) is 5.17 Å². The number of hydrogen-bond donors (Lipinski definition) is 0. The van der Waals surface area contributed by atoms with Gasteiger partial charge in [-0.25, -0.2) is 9.79 Å². The number of carbonyl (C=O) groups excluding carboxylic acids is 2. The molecule has 0 radical (unpaired) electrons. The highest BCUT2D eigenvalue weighted by Gasteiger charge is 2.41. The Morgan fingerprint density at radius 1 is 1.42 bits per heavy atom. The van der Waals surface area contributed by atoms with Gasteiger partial charge in [-0.2, -0.15) is 0 Å². The van der Waals surface area contributed by atoms with Gasteiger partial charge in [0, 0.05) is 23.8 Å². The highest BCUT2D eigenvalue weighted by molar-refractivity contribution is 9.10. The molecule has 0 saturated carbocycles. The van der Waals surface area contributed by atoms with Crippen molar-refractivity contribution in [3.63, 3.8) is 0 Å². The average molecular weight is 439 g/mol. The third-order valence-corrected chi connectivity index (χ3v) is 5.56. The number of ether oxygens (including phenoxy) is 2. The van der Waals surface area contributed by atoms with Gasteiger partial charge in [0.05, 0.1) is 23.9 Å². The molecule has 8 heteroatoms. The second-order valence-corrected chi connectivity index (χ2v) is 7.82. The second-order valence-electron chi connectivity index (χ2n) is 5.84. The number of esters is 1. The number of nitrogens with zero attached hydrogens (tertiary/aromatic N) is 2. The Balaban J connectivity index is 2.05. The molecule has 0 spiro atoms. The number of hydrogen-bond acceptors (Lipinski definition) is 6. The number of benzene rings is 1. The number of rotatable bonds is 5. The minimum absolute atomic E-state index is 0.0397. The lowest BCUT2D eigenvalue weighted by Gasteiger charge is -2.39.